The van der Waals surface area contributed by atoms with Gasteiger partial charge < -0.3 is 0 Å². The summed E-state index contributed by atoms with van der Waals surface area (Å²) in [6, 6.07) is 0.622. The second kappa shape index (κ2) is 31.8. The van der Waals surface area contributed by atoms with Crippen LogP contribution in [0.2, 0.25) is 0 Å². The van der Waals surface area contributed by atoms with Crippen LogP contribution >= 0.6 is 0 Å². The zero-order valence-electron chi connectivity index (χ0n) is 32.0. The molecule has 0 fully saturated rings. The Balaban J connectivity index is 2.04. The van der Waals surface area contributed by atoms with Gasteiger partial charge in [0.25, 0.3) is 5.82 Å². The minimum absolute atomic E-state index is 0.588. The van der Waals surface area contributed by atoms with Crippen LogP contribution in [0.15, 0.2) is 12.4 Å². The third kappa shape index (κ3) is 24.1. The normalized spacial score (nSPS) is 12.5. The van der Waals surface area contributed by atoms with Crippen molar-refractivity contribution in [1.82, 2.24) is 4.57 Å². The van der Waals surface area contributed by atoms with Crippen molar-refractivity contribution in [3.63, 3.8) is 0 Å². The molecule has 1 rings (SSSR count). The molecule has 2 nitrogen and oxygen atoms in total. The summed E-state index contributed by atoms with van der Waals surface area (Å²) in [5.74, 6) is 2.13. The van der Waals surface area contributed by atoms with Gasteiger partial charge in [-0.2, -0.15) is 0 Å². The van der Waals surface area contributed by atoms with Gasteiger partial charge in [0.05, 0.1) is 18.5 Å². The Morgan fingerprint density at radius 3 is 1.09 bits per heavy atom. The van der Waals surface area contributed by atoms with Crippen LogP contribution in [-0.4, -0.2) is 4.57 Å². The lowest BCUT2D eigenvalue weighted by Gasteiger charge is -2.14. The molecule has 0 aliphatic rings. The quantitative estimate of drug-likeness (QED) is 0.0522. The van der Waals surface area contributed by atoms with Crippen molar-refractivity contribution in [2.45, 2.75) is 259 Å². The van der Waals surface area contributed by atoms with E-state index in [-0.39, 0.29) is 0 Å². The maximum Gasteiger partial charge on any atom is 0.259 e. The molecule has 0 saturated heterocycles. The molecule has 1 heterocycles. The fourth-order valence-corrected chi connectivity index (χ4v) is 7.43. The zero-order chi connectivity index (χ0) is 32.6. The van der Waals surface area contributed by atoms with Crippen LogP contribution in [-0.2, 0) is 6.54 Å². The maximum atomic E-state index is 2.61. The van der Waals surface area contributed by atoms with E-state index < -0.39 is 0 Å². The standard InChI is InChI=1S/C43H85N2/c1-6-8-10-12-14-16-18-20-22-24-26-28-30-32-34-36-38-44-39-40-45(43(44)41(3)4)42(5)37-35-33-31-29-27-25-23-21-19-17-15-13-11-9-7-2/h39-42H,6-38H2,1-5H3/q+1. The first-order valence-corrected chi connectivity index (χ1v) is 21.2. The second-order valence-corrected chi connectivity index (χ2v) is 15.3. The molecule has 0 amide bonds. The highest BCUT2D eigenvalue weighted by Crippen LogP contribution is 2.22. The Hall–Kier alpha value is -0.790. The third-order valence-electron chi connectivity index (χ3n) is 10.4. The van der Waals surface area contributed by atoms with Crippen LogP contribution < -0.4 is 4.57 Å². The molecule has 0 bridgehead atoms. The summed E-state index contributed by atoms with van der Waals surface area (Å²) in [5, 5.41) is 0. The highest BCUT2D eigenvalue weighted by molar-refractivity contribution is 4.92. The van der Waals surface area contributed by atoms with Gasteiger partial charge in [-0.3, -0.25) is 0 Å². The Morgan fingerprint density at radius 2 is 0.756 bits per heavy atom. The van der Waals surface area contributed by atoms with E-state index in [0.717, 1.165) is 0 Å². The summed E-state index contributed by atoms with van der Waals surface area (Å²) >= 11 is 0. The van der Waals surface area contributed by atoms with Crippen molar-refractivity contribution in [1.29, 1.82) is 0 Å². The predicted octanol–water partition coefficient (Wildman–Crippen LogP) is 15.0. The summed E-state index contributed by atoms with van der Waals surface area (Å²) in [7, 11) is 0. The summed E-state index contributed by atoms with van der Waals surface area (Å²) in [6.45, 7) is 13.0. The van der Waals surface area contributed by atoms with Gasteiger partial charge in [-0.25, -0.2) is 9.13 Å². The summed E-state index contributed by atoms with van der Waals surface area (Å²) in [4.78, 5) is 0. The Labute approximate surface area is 285 Å². The van der Waals surface area contributed by atoms with Gasteiger partial charge in [-0.05, 0) is 32.6 Å². The molecular weight excluding hydrogens is 544 g/mol. The summed E-state index contributed by atoms with van der Waals surface area (Å²) in [6.07, 6.45) is 50.8. The fourth-order valence-electron chi connectivity index (χ4n) is 7.43. The fraction of sp³-hybridized carbons (Fsp3) is 0.930. The van der Waals surface area contributed by atoms with Crippen LogP contribution in [0.5, 0.6) is 0 Å². The van der Waals surface area contributed by atoms with Crippen LogP contribution in [0.1, 0.15) is 258 Å². The molecule has 0 saturated carbocycles. The molecule has 1 atom stereocenters. The first-order chi connectivity index (χ1) is 22.1. The average Bonchev–Trinajstić information content (AvgIpc) is 3.47. The first-order valence-electron chi connectivity index (χ1n) is 21.2. The minimum Gasteiger partial charge on any atom is -0.234 e. The Morgan fingerprint density at radius 1 is 0.444 bits per heavy atom. The van der Waals surface area contributed by atoms with Crippen molar-refractivity contribution in [2.75, 3.05) is 0 Å². The molecule has 0 aromatic carbocycles. The molecule has 0 radical (unpaired) electrons. The van der Waals surface area contributed by atoms with Crippen molar-refractivity contribution >= 4 is 0 Å². The first kappa shape index (κ1) is 42.2. The highest BCUT2D eigenvalue weighted by Gasteiger charge is 2.23. The van der Waals surface area contributed by atoms with Gasteiger partial charge >= 0.3 is 0 Å². The molecule has 0 N–H and O–H groups in total. The largest absolute Gasteiger partial charge is 0.259 e. The van der Waals surface area contributed by atoms with E-state index in [9.17, 15) is 0 Å². The van der Waals surface area contributed by atoms with Crippen LogP contribution in [0.3, 0.4) is 0 Å². The lowest BCUT2D eigenvalue weighted by atomic mass is 10.0. The Bertz CT molecular complexity index is 719. The van der Waals surface area contributed by atoms with Gasteiger partial charge in [-0.15, -0.1) is 0 Å². The number of aryl methyl sites for hydroxylation is 1. The van der Waals surface area contributed by atoms with Crippen LogP contribution in [0.4, 0.5) is 0 Å². The van der Waals surface area contributed by atoms with Gasteiger partial charge in [-0.1, -0.05) is 207 Å². The summed E-state index contributed by atoms with van der Waals surface area (Å²) in [5.41, 5.74) is 0. The van der Waals surface area contributed by atoms with Crippen LogP contribution in [0.25, 0.3) is 0 Å². The second-order valence-electron chi connectivity index (χ2n) is 15.3. The lowest BCUT2D eigenvalue weighted by molar-refractivity contribution is -0.705. The van der Waals surface area contributed by atoms with Gasteiger partial charge in [0.15, 0.2) is 0 Å². The molecule has 2 heteroatoms. The molecule has 45 heavy (non-hydrogen) atoms. The number of imidazole rings is 1. The van der Waals surface area contributed by atoms with Crippen molar-refractivity contribution in [2.24, 2.45) is 0 Å². The highest BCUT2D eigenvalue weighted by atomic mass is 15.2. The summed E-state index contributed by atoms with van der Waals surface area (Å²) < 4.78 is 5.19. The van der Waals surface area contributed by atoms with E-state index in [1.165, 1.54) is 212 Å². The van der Waals surface area contributed by atoms with Crippen molar-refractivity contribution in [3.05, 3.63) is 18.2 Å². The smallest absolute Gasteiger partial charge is 0.234 e. The SMILES string of the molecule is CCCCCCCCCCCCCCCCCC[n+]1ccn(C(C)CCCCCCCCCCCCCCCCC)c1C(C)C. The molecule has 0 aliphatic heterocycles. The number of hydrogen-bond acceptors (Lipinski definition) is 0. The molecule has 1 unspecified atom stereocenters. The topological polar surface area (TPSA) is 8.81 Å². The molecule has 1 aromatic heterocycles. The van der Waals surface area contributed by atoms with Crippen LogP contribution in [0, 0.1) is 0 Å². The molecule has 1 aromatic rings. The maximum absolute atomic E-state index is 2.61. The van der Waals surface area contributed by atoms with E-state index in [1.807, 2.05) is 0 Å². The number of unbranched alkanes of at least 4 members (excludes halogenated alkanes) is 29. The van der Waals surface area contributed by atoms with Crippen molar-refractivity contribution < 1.29 is 4.57 Å². The van der Waals surface area contributed by atoms with E-state index >= 15 is 0 Å². The number of nitrogens with zero attached hydrogens (tertiary/aromatic N) is 2. The minimum atomic E-state index is 0.588. The van der Waals surface area contributed by atoms with E-state index in [1.54, 1.807) is 5.82 Å². The molecule has 0 spiro atoms. The van der Waals surface area contributed by atoms with Gasteiger partial charge in [0.2, 0.25) is 0 Å². The number of aromatic nitrogens is 2. The van der Waals surface area contributed by atoms with E-state index in [4.69, 9.17) is 0 Å². The van der Waals surface area contributed by atoms with E-state index in [2.05, 4.69) is 56.1 Å². The van der Waals surface area contributed by atoms with Crippen molar-refractivity contribution in [3.8, 4) is 0 Å². The molecule has 0 aliphatic carbocycles. The van der Waals surface area contributed by atoms with Gasteiger partial charge in [0.1, 0.15) is 12.4 Å². The van der Waals surface area contributed by atoms with E-state index in [0.29, 0.717) is 12.0 Å². The Kier molecular flexibility index (Phi) is 29.8. The average molecular weight is 630 g/mol. The monoisotopic (exact) mass is 630 g/mol. The number of hydrogen-bond donors (Lipinski definition) is 0. The third-order valence-corrected chi connectivity index (χ3v) is 10.4. The molecular formula is C43H85N2+. The van der Waals surface area contributed by atoms with Gasteiger partial charge in [0, 0.05) is 0 Å². The zero-order valence-corrected chi connectivity index (χ0v) is 32.0. The lowest BCUT2D eigenvalue weighted by Crippen LogP contribution is -2.38. The predicted molar refractivity (Wildman–Crippen MR) is 203 cm³/mol. The number of rotatable bonds is 35. The molecule has 266 valence electrons.